The van der Waals surface area contributed by atoms with Crippen LogP contribution >= 0.6 is 0 Å². The van der Waals surface area contributed by atoms with Crippen molar-refractivity contribution in [2.75, 3.05) is 19.6 Å². The van der Waals surface area contributed by atoms with Gasteiger partial charge < -0.3 is 16.4 Å². The van der Waals surface area contributed by atoms with Gasteiger partial charge in [-0.3, -0.25) is 4.79 Å². The fourth-order valence-electron chi connectivity index (χ4n) is 1.27. The van der Waals surface area contributed by atoms with E-state index >= 15 is 0 Å². The van der Waals surface area contributed by atoms with Crippen LogP contribution < -0.4 is 16.4 Å². The van der Waals surface area contributed by atoms with Gasteiger partial charge >= 0.3 is 0 Å². The molecule has 1 aliphatic rings. The molecule has 1 heterocycles. The first-order valence-electron chi connectivity index (χ1n) is 4.01. The summed E-state index contributed by atoms with van der Waals surface area (Å²) in [6, 6.07) is 0.427. The Kier molecular flexibility index (Phi) is 3.32. The smallest absolute Gasteiger partial charge is 0.231 e. The van der Waals surface area contributed by atoms with Gasteiger partial charge in [-0.2, -0.15) is 0 Å². The average Bonchev–Trinajstić information content (AvgIpc) is 2.03. The van der Waals surface area contributed by atoms with E-state index in [4.69, 9.17) is 5.73 Å². The van der Waals surface area contributed by atoms with Gasteiger partial charge in [0.15, 0.2) is 0 Å². The number of hydrogen-bond donors (Lipinski definition) is 3. The minimum Gasteiger partial charge on any atom is -0.369 e. The Morgan fingerprint density at radius 1 is 1.73 bits per heavy atom. The lowest BCUT2D eigenvalue weighted by atomic mass is 10.1. The van der Waals surface area contributed by atoms with Crippen LogP contribution in [-0.2, 0) is 4.79 Å². The first-order chi connectivity index (χ1) is 5.29. The molecule has 4 N–H and O–H groups in total. The number of nitrogens with two attached hydrogens (primary N) is 1. The largest absolute Gasteiger partial charge is 0.369 e. The SMILES string of the molecule is NC(=O)CN[C@H]1CCCNC1. The van der Waals surface area contributed by atoms with E-state index < -0.39 is 0 Å². The highest BCUT2D eigenvalue weighted by Gasteiger charge is 2.11. The third-order valence-corrected chi connectivity index (χ3v) is 1.86. The zero-order valence-electron chi connectivity index (χ0n) is 6.60. The van der Waals surface area contributed by atoms with Gasteiger partial charge in [0.2, 0.25) is 5.91 Å². The van der Waals surface area contributed by atoms with E-state index in [9.17, 15) is 4.79 Å². The number of amides is 1. The lowest BCUT2D eigenvalue weighted by Gasteiger charge is -2.23. The van der Waals surface area contributed by atoms with E-state index in [1.54, 1.807) is 0 Å². The van der Waals surface area contributed by atoms with Crippen LogP contribution in [0.15, 0.2) is 0 Å². The Balaban J connectivity index is 2.09. The molecule has 1 rings (SSSR count). The lowest BCUT2D eigenvalue weighted by molar-refractivity contribution is -0.117. The Bertz CT molecular complexity index is 132. The fraction of sp³-hybridized carbons (Fsp3) is 0.857. The topological polar surface area (TPSA) is 67.2 Å². The van der Waals surface area contributed by atoms with Crippen LogP contribution in [0.3, 0.4) is 0 Å². The van der Waals surface area contributed by atoms with Crippen molar-refractivity contribution in [1.82, 2.24) is 10.6 Å². The molecule has 11 heavy (non-hydrogen) atoms. The van der Waals surface area contributed by atoms with E-state index in [0.717, 1.165) is 19.5 Å². The molecule has 0 unspecified atom stereocenters. The molecule has 4 nitrogen and oxygen atoms in total. The summed E-state index contributed by atoms with van der Waals surface area (Å²) in [7, 11) is 0. The van der Waals surface area contributed by atoms with E-state index in [0.29, 0.717) is 12.6 Å². The van der Waals surface area contributed by atoms with Gasteiger partial charge in [0.1, 0.15) is 0 Å². The number of primary amides is 1. The van der Waals surface area contributed by atoms with Crippen molar-refractivity contribution in [1.29, 1.82) is 0 Å². The number of carbonyl (C=O) groups is 1. The lowest BCUT2D eigenvalue weighted by Crippen LogP contribution is -2.45. The average molecular weight is 157 g/mol. The molecule has 1 atom stereocenters. The van der Waals surface area contributed by atoms with Crippen molar-refractivity contribution in [2.24, 2.45) is 5.73 Å². The molecule has 1 saturated heterocycles. The molecule has 0 spiro atoms. The van der Waals surface area contributed by atoms with Crippen LogP contribution in [0.4, 0.5) is 0 Å². The van der Waals surface area contributed by atoms with Gasteiger partial charge in [0.25, 0.3) is 0 Å². The van der Waals surface area contributed by atoms with E-state index in [1.165, 1.54) is 6.42 Å². The summed E-state index contributed by atoms with van der Waals surface area (Å²) in [4.78, 5) is 10.4. The van der Waals surface area contributed by atoms with E-state index in [-0.39, 0.29) is 5.91 Å². The number of rotatable bonds is 3. The minimum absolute atomic E-state index is 0.282. The van der Waals surface area contributed by atoms with Crippen molar-refractivity contribution in [2.45, 2.75) is 18.9 Å². The summed E-state index contributed by atoms with van der Waals surface area (Å²) in [5, 5.41) is 6.33. The molecule has 1 aliphatic heterocycles. The highest BCUT2D eigenvalue weighted by atomic mass is 16.1. The third-order valence-electron chi connectivity index (χ3n) is 1.86. The predicted molar refractivity (Wildman–Crippen MR) is 43.1 cm³/mol. The third kappa shape index (κ3) is 3.34. The van der Waals surface area contributed by atoms with Crippen molar-refractivity contribution >= 4 is 5.91 Å². The summed E-state index contributed by atoms with van der Waals surface area (Å²) >= 11 is 0. The molecule has 64 valence electrons. The number of hydrogen-bond acceptors (Lipinski definition) is 3. The Hall–Kier alpha value is -0.610. The molecule has 4 heteroatoms. The monoisotopic (exact) mass is 157 g/mol. The van der Waals surface area contributed by atoms with Crippen molar-refractivity contribution in [3.63, 3.8) is 0 Å². The van der Waals surface area contributed by atoms with Gasteiger partial charge in [-0.15, -0.1) is 0 Å². The van der Waals surface area contributed by atoms with Gasteiger partial charge in [-0.05, 0) is 19.4 Å². The normalized spacial score (nSPS) is 24.9. The van der Waals surface area contributed by atoms with Crippen LogP contribution in [0.5, 0.6) is 0 Å². The molecule has 0 bridgehead atoms. The molecule has 0 aromatic carbocycles. The number of piperidine rings is 1. The van der Waals surface area contributed by atoms with E-state index in [1.807, 2.05) is 0 Å². The summed E-state index contributed by atoms with van der Waals surface area (Å²) in [6.45, 7) is 2.34. The summed E-state index contributed by atoms with van der Waals surface area (Å²) in [5.41, 5.74) is 4.99. The molecule has 1 amide bonds. The molecule has 0 aromatic heterocycles. The second kappa shape index (κ2) is 4.31. The Morgan fingerprint density at radius 3 is 3.09 bits per heavy atom. The highest BCUT2D eigenvalue weighted by molar-refractivity contribution is 5.75. The zero-order chi connectivity index (χ0) is 8.10. The standard InChI is InChI=1S/C7H15N3O/c8-7(11)5-10-6-2-1-3-9-4-6/h6,9-10H,1-5H2,(H2,8,11)/t6-/m0/s1. The predicted octanol–water partition coefficient (Wildman–Crippen LogP) is -1.19. The first-order valence-corrected chi connectivity index (χ1v) is 4.01. The Labute approximate surface area is 66.5 Å². The van der Waals surface area contributed by atoms with Crippen LogP contribution in [0.25, 0.3) is 0 Å². The summed E-state index contributed by atoms with van der Waals surface area (Å²) in [6.07, 6.45) is 2.32. The number of carbonyl (C=O) groups excluding carboxylic acids is 1. The minimum atomic E-state index is -0.282. The number of nitrogens with one attached hydrogen (secondary N) is 2. The van der Waals surface area contributed by atoms with Gasteiger partial charge in [-0.1, -0.05) is 0 Å². The van der Waals surface area contributed by atoms with Crippen LogP contribution in [0, 0.1) is 0 Å². The van der Waals surface area contributed by atoms with Crippen LogP contribution in [0.1, 0.15) is 12.8 Å². The molecule has 0 radical (unpaired) electrons. The summed E-state index contributed by atoms with van der Waals surface area (Å²) < 4.78 is 0. The van der Waals surface area contributed by atoms with Gasteiger partial charge in [-0.25, -0.2) is 0 Å². The van der Waals surface area contributed by atoms with Crippen molar-refractivity contribution in [3.8, 4) is 0 Å². The molecule has 0 saturated carbocycles. The highest BCUT2D eigenvalue weighted by Crippen LogP contribution is 1.99. The summed E-state index contributed by atoms with van der Waals surface area (Å²) in [5.74, 6) is -0.282. The Morgan fingerprint density at radius 2 is 2.55 bits per heavy atom. The van der Waals surface area contributed by atoms with Crippen LogP contribution in [0.2, 0.25) is 0 Å². The molecule has 0 aromatic rings. The quantitative estimate of drug-likeness (QED) is 0.483. The molecular formula is C7H15N3O. The van der Waals surface area contributed by atoms with E-state index in [2.05, 4.69) is 10.6 Å². The second-order valence-electron chi connectivity index (χ2n) is 2.89. The maximum atomic E-state index is 10.4. The zero-order valence-corrected chi connectivity index (χ0v) is 6.60. The first kappa shape index (κ1) is 8.49. The molecular weight excluding hydrogens is 142 g/mol. The van der Waals surface area contributed by atoms with Crippen molar-refractivity contribution < 1.29 is 4.79 Å². The molecule has 0 aliphatic carbocycles. The fourth-order valence-corrected chi connectivity index (χ4v) is 1.27. The molecule has 1 fully saturated rings. The van der Waals surface area contributed by atoms with Gasteiger partial charge in [0.05, 0.1) is 6.54 Å². The second-order valence-corrected chi connectivity index (χ2v) is 2.89. The van der Waals surface area contributed by atoms with Crippen molar-refractivity contribution in [3.05, 3.63) is 0 Å². The maximum Gasteiger partial charge on any atom is 0.231 e. The maximum absolute atomic E-state index is 10.4. The van der Waals surface area contributed by atoms with Gasteiger partial charge in [0, 0.05) is 12.6 Å². The van der Waals surface area contributed by atoms with Crippen LogP contribution in [-0.4, -0.2) is 31.6 Å².